The van der Waals surface area contributed by atoms with Crippen LogP contribution in [-0.2, 0) is 21.4 Å². The highest BCUT2D eigenvalue weighted by Crippen LogP contribution is 2.62. The minimum Gasteiger partial charge on any atom is -0.504 e. The SMILES string of the molecule is CN1CC[C@]23c4c5ccc(O)c4O[C@H]2[C@@H](O)C=C[C@H]3[C@H]1C5.O=CC(O)C(O)C(O)C(O)C(=O)O. The minimum absolute atomic E-state index is 0.0809. The van der Waals surface area contributed by atoms with Crippen LogP contribution in [0.25, 0.3) is 0 Å². The van der Waals surface area contributed by atoms with Gasteiger partial charge in [-0.2, -0.15) is 0 Å². The summed E-state index contributed by atoms with van der Waals surface area (Å²) in [7, 11) is 2.19. The fraction of sp³-hybridized carbons (Fsp3) is 0.565. The molecule has 1 fully saturated rings. The van der Waals surface area contributed by atoms with E-state index in [0.29, 0.717) is 17.7 Å². The van der Waals surface area contributed by atoms with Gasteiger partial charge in [0.15, 0.2) is 23.9 Å². The third-order valence-electron chi connectivity index (χ3n) is 7.57. The van der Waals surface area contributed by atoms with Crippen molar-refractivity contribution in [3.63, 3.8) is 0 Å². The van der Waals surface area contributed by atoms with E-state index < -0.39 is 36.5 Å². The highest BCUT2D eigenvalue weighted by molar-refractivity contribution is 5.73. The van der Waals surface area contributed by atoms with Crippen LogP contribution < -0.4 is 4.74 Å². The van der Waals surface area contributed by atoms with Crippen molar-refractivity contribution in [2.75, 3.05) is 13.6 Å². The summed E-state index contributed by atoms with van der Waals surface area (Å²) in [5, 5.41) is 63.8. The maximum Gasteiger partial charge on any atom is 0.335 e. The largest absolute Gasteiger partial charge is 0.504 e. The number of carbonyl (C=O) groups is 2. The molecule has 5 rings (SSSR count). The first-order valence-corrected chi connectivity index (χ1v) is 11.0. The molecule has 2 aliphatic heterocycles. The number of rotatable bonds is 5. The number of carbonyl (C=O) groups excluding carboxylic acids is 1. The molecule has 186 valence electrons. The second-order valence-corrected chi connectivity index (χ2v) is 9.32. The molecule has 9 atom stereocenters. The molecule has 2 heterocycles. The zero-order chi connectivity index (χ0) is 24.9. The van der Waals surface area contributed by atoms with Crippen molar-refractivity contribution >= 4 is 12.3 Å². The lowest BCUT2D eigenvalue weighted by atomic mass is 9.53. The second kappa shape index (κ2) is 8.91. The molecule has 0 amide bonds. The Morgan fingerprint density at radius 2 is 1.91 bits per heavy atom. The van der Waals surface area contributed by atoms with Gasteiger partial charge in [0.2, 0.25) is 0 Å². The summed E-state index contributed by atoms with van der Waals surface area (Å²) >= 11 is 0. The Morgan fingerprint density at radius 1 is 1.21 bits per heavy atom. The first-order valence-electron chi connectivity index (χ1n) is 11.0. The van der Waals surface area contributed by atoms with Crippen LogP contribution in [0, 0.1) is 5.92 Å². The number of aromatic hydroxyl groups is 1. The standard InChI is InChI=1S/C17H19NO3.C6H10O7/c1-18-7-6-17-10-3-5-13(20)16(17)21-15-12(19)4-2-9(14(15)17)8-11(10)18;7-1-2(8)3(9)4(10)5(11)6(12)13/h2-5,10-11,13,16,19-20H,6-8H2,1H3;1-5,8-11H,(H,12,13)/t10-,11+,13-,16-,17-;/m0./s1. The molecule has 2 bridgehead atoms. The molecule has 1 aromatic rings. The maximum atomic E-state index is 10.4. The zero-order valence-corrected chi connectivity index (χ0v) is 18.4. The first-order chi connectivity index (χ1) is 16.0. The van der Waals surface area contributed by atoms with Gasteiger partial charge in [0.05, 0.1) is 0 Å². The molecule has 0 radical (unpaired) electrons. The Labute approximate surface area is 195 Å². The number of piperidine rings is 1. The smallest absolute Gasteiger partial charge is 0.335 e. The maximum absolute atomic E-state index is 10.4. The van der Waals surface area contributed by atoms with Gasteiger partial charge in [-0.05, 0) is 38.1 Å². The number of benzene rings is 1. The fourth-order valence-corrected chi connectivity index (χ4v) is 5.85. The number of ether oxygens (including phenoxy) is 1. The number of aliphatic carboxylic acids is 1. The third-order valence-corrected chi connectivity index (χ3v) is 7.57. The van der Waals surface area contributed by atoms with Crippen molar-refractivity contribution in [2.45, 2.75) is 60.9 Å². The van der Waals surface area contributed by atoms with Crippen molar-refractivity contribution in [3.8, 4) is 11.5 Å². The lowest BCUT2D eigenvalue weighted by Crippen LogP contribution is -2.64. The highest BCUT2D eigenvalue weighted by Gasteiger charge is 2.64. The number of likely N-dealkylation sites (tertiary alicyclic amines) is 1. The number of phenols is 1. The van der Waals surface area contributed by atoms with Gasteiger partial charge in [-0.25, -0.2) is 4.79 Å². The topological polar surface area (TPSA) is 188 Å². The van der Waals surface area contributed by atoms with Gasteiger partial charge in [-0.3, -0.25) is 0 Å². The number of aldehydes is 1. The normalized spacial score (nSPS) is 33.9. The van der Waals surface area contributed by atoms with Crippen LogP contribution in [0.2, 0.25) is 0 Å². The minimum atomic E-state index is -2.25. The number of hydrogen-bond donors (Lipinski definition) is 7. The highest BCUT2D eigenvalue weighted by atomic mass is 16.5. The van der Waals surface area contributed by atoms with Crippen molar-refractivity contribution < 1.29 is 50.1 Å². The van der Waals surface area contributed by atoms with E-state index in [1.54, 1.807) is 6.07 Å². The lowest BCUT2D eigenvalue weighted by molar-refractivity contribution is -0.163. The summed E-state index contributed by atoms with van der Waals surface area (Å²) < 4.78 is 6.09. The van der Waals surface area contributed by atoms with Crippen LogP contribution in [-0.4, -0.2) is 109 Å². The summed E-state index contributed by atoms with van der Waals surface area (Å²) in [5.74, 6) is -0.570. The number of aliphatic hydroxyl groups is 5. The molecule has 2 aliphatic carbocycles. The Morgan fingerprint density at radius 3 is 2.56 bits per heavy atom. The predicted molar refractivity (Wildman–Crippen MR) is 115 cm³/mol. The molecule has 4 aliphatic rings. The van der Waals surface area contributed by atoms with Gasteiger partial charge < -0.3 is 50.2 Å². The van der Waals surface area contributed by atoms with Gasteiger partial charge in [0.1, 0.15) is 30.5 Å². The summed E-state index contributed by atoms with van der Waals surface area (Å²) in [6, 6.07) is 4.23. The van der Waals surface area contributed by atoms with Gasteiger partial charge in [-0.1, -0.05) is 18.2 Å². The summed E-state index contributed by atoms with van der Waals surface area (Å²) in [6.07, 6.45) is -3.21. The van der Waals surface area contributed by atoms with E-state index in [9.17, 15) is 19.8 Å². The summed E-state index contributed by atoms with van der Waals surface area (Å²) in [5.41, 5.74) is 2.29. The van der Waals surface area contributed by atoms with Crippen LogP contribution in [0.3, 0.4) is 0 Å². The molecule has 4 unspecified atom stereocenters. The predicted octanol–water partition coefficient (Wildman–Crippen LogP) is -2.09. The average molecular weight is 479 g/mol. The second-order valence-electron chi connectivity index (χ2n) is 9.32. The van der Waals surface area contributed by atoms with Gasteiger partial charge in [0.25, 0.3) is 0 Å². The molecule has 11 heteroatoms. The summed E-state index contributed by atoms with van der Waals surface area (Å²) in [4.78, 5) is 22.4. The van der Waals surface area contributed by atoms with Crippen LogP contribution in [0.4, 0.5) is 0 Å². The molecule has 1 aromatic carbocycles. The molecule has 0 saturated carbocycles. The number of likely N-dealkylation sites (N-methyl/N-ethyl adjacent to an activating group) is 1. The van der Waals surface area contributed by atoms with E-state index in [1.165, 1.54) is 11.1 Å². The number of carboxylic acid groups (broad SMARTS) is 1. The molecular weight excluding hydrogens is 450 g/mol. The molecule has 7 N–H and O–H groups in total. The van der Waals surface area contributed by atoms with Gasteiger partial charge in [-0.15, -0.1) is 0 Å². The van der Waals surface area contributed by atoms with Crippen LogP contribution in [0.1, 0.15) is 17.5 Å². The quantitative estimate of drug-likeness (QED) is 0.181. The number of phenolic OH excluding ortho intramolecular Hbond substituents is 1. The van der Waals surface area contributed by atoms with Crippen LogP contribution in [0.15, 0.2) is 24.3 Å². The molecule has 1 spiro atoms. The van der Waals surface area contributed by atoms with Crippen molar-refractivity contribution in [1.29, 1.82) is 0 Å². The Balaban J connectivity index is 0.000000185. The lowest BCUT2D eigenvalue weighted by Gasteiger charge is -2.56. The third kappa shape index (κ3) is 3.60. The number of aliphatic hydroxyl groups excluding tert-OH is 5. The van der Waals surface area contributed by atoms with Crippen molar-refractivity contribution in [1.82, 2.24) is 4.90 Å². The number of hydrogen-bond acceptors (Lipinski definition) is 10. The monoisotopic (exact) mass is 479 g/mol. The van der Waals surface area contributed by atoms with E-state index in [4.69, 9.17) is 30.3 Å². The van der Waals surface area contributed by atoms with Crippen molar-refractivity contribution in [3.05, 3.63) is 35.4 Å². The molecule has 0 aromatic heterocycles. The van der Waals surface area contributed by atoms with E-state index in [-0.39, 0.29) is 23.6 Å². The Kier molecular flexibility index (Phi) is 6.44. The van der Waals surface area contributed by atoms with Crippen LogP contribution >= 0.6 is 0 Å². The number of nitrogens with zero attached hydrogens (tertiary/aromatic N) is 1. The molecular formula is C23H29NO10. The van der Waals surface area contributed by atoms with E-state index in [1.807, 2.05) is 12.1 Å². The molecule has 1 saturated heterocycles. The first kappa shape index (κ1) is 24.6. The fourth-order valence-electron chi connectivity index (χ4n) is 5.85. The number of carboxylic acids is 1. The van der Waals surface area contributed by atoms with E-state index in [0.717, 1.165) is 19.4 Å². The average Bonchev–Trinajstić information content (AvgIpc) is 3.18. The Bertz CT molecular complexity index is 998. The van der Waals surface area contributed by atoms with Gasteiger partial charge in [0, 0.05) is 22.9 Å². The Hall–Kier alpha value is -2.54. The molecule has 34 heavy (non-hydrogen) atoms. The van der Waals surface area contributed by atoms with E-state index >= 15 is 0 Å². The van der Waals surface area contributed by atoms with E-state index in [2.05, 4.69) is 18.0 Å². The summed E-state index contributed by atoms with van der Waals surface area (Å²) in [6.45, 7) is 1.01. The zero-order valence-electron chi connectivity index (χ0n) is 18.4. The van der Waals surface area contributed by atoms with Crippen molar-refractivity contribution in [2.24, 2.45) is 5.92 Å². The van der Waals surface area contributed by atoms with Crippen LogP contribution in [0.5, 0.6) is 11.5 Å². The van der Waals surface area contributed by atoms with Gasteiger partial charge >= 0.3 is 5.97 Å². The molecule has 11 nitrogen and oxygen atoms in total.